The molecule has 2 heterocycles. The molecule has 1 fully saturated rings. The van der Waals surface area contributed by atoms with Gasteiger partial charge >= 0.3 is 0 Å². The zero-order valence-electron chi connectivity index (χ0n) is 15.2. The molecule has 1 amide bonds. The van der Waals surface area contributed by atoms with E-state index in [1.165, 1.54) is 6.07 Å². The van der Waals surface area contributed by atoms with Crippen LogP contribution < -0.4 is 10.2 Å². The number of nitrogens with one attached hydrogen (secondary N) is 1. The van der Waals surface area contributed by atoms with E-state index < -0.39 is 0 Å². The highest BCUT2D eigenvalue weighted by Gasteiger charge is 2.24. The van der Waals surface area contributed by atoms with Crippen LogP contribution in [0.1, 0.15) is 24.3 Å². The third kappa shape index (κ3) is 4.28. The number of para-hydroxylation sites is 1. The van der Waals surface area contributed by atoms with Crippen LogP contribution in [0.2, 0.25) is 0 Å². The Hall–Kier alpha value is -2.70. The van der Waals surface area contributed by atoms with Gasteiger partial charge in [0.1, 0.15) is 11.6 Å². The summed E-state index contributed by atoms with van der Waals surface area (Å²) in [6.45, 7) is 7.27. The third-order valence-electron chi connectivity index (χ3n) is 4.34. The molecule has 138 valence electrons. The van der Waals surface area contributed by atoms with Crippen LogP contribution in [0.5, 0.6) is 0 Å². The Balaban J connectivity index is 1.57. The van der Waals surface area contributed by atoms with E-state index in [1.54, 1.807) is 29.2 Å². The summed E-state index contributed by atoms with van der Waals surface area (Å²) in [4.78, 5) is 16.3. The summed E-state index contributed by atoms with van der Waals surface area (Å²) in [7, 11) is 0. The smallest absolute Gasteiger partial charge is 0.274 e. The number of halogens is 1. The number of carbonyl (C=O) groups is 1. The number of nitrogens with zero attached hydrogens (tertiary/aromatic N) is 4. The first-order chi connectivity index (χ1) is 12.5. The van der Waals surface area contributed by atoms with Crippen molar-refractivity contribution in [3.05, 3.63) is 47.9 Å². The fourth-order valence-electron chi connectivity index (χ4n) is 2.87. The van der Waals surface area contributed by atoms with E-state index in [2.05, 4.69) is 29.4 Å². The molecule has 26 heavy (non-hydrogen) atoms. The monoisotopic (exact) mass is 357 g/mol. The van der Waals surface area contributed by atoms with Crippen LogP contribution in [0.3, 0.4) is 0 Å². The lowest BCUT2D eigenvalue weighted by Crippen LogP contribution is -2.49. The summed E-state index contributed by atoms with van der Waals surface area (Å²) in [5, 5.41) is 11.3. The second-order valence-electron chi connectivity index (χ2n) is 6.81. The molecule has 2 aromatic rings. The van der Waals surface area contributed by atoms with Gasteiger partial charge in [-0.05, 0) is 30.2 Å². The van der Waals surface area contributed by atoms with Crippen LogP contribution in [0.25, 0.3) is 0 Å². The molecule has 1 aromatic heterocycles. The molecule has 0 radical (unpaired) electrons. The number of hydrogen-bond donors (Lipinski definition) is 1. The van der Waals surface area contributed by atoms with Gasteiger partial charge in [0.15, 0.2) is 5.69 Å². The number of benzene rings is 1. The lowest BCUT2D eigenvalue weighted by Gasteiger charge is -2.36. The summed E-state index contributed by atoms with van der Waals surface area (Å²) >= 11 is 0. The minimum Gasteiger partial charge on any atom is -0.368 e. The molecular formula is C19H24FN5O. The van der Waals surface area contributed by atoms with E-state index in [1.807, 2.05) is 11.0 Å². The standard InChI is InChI=1S/C19H24FN5O/c1-14(2)13-21-18-8-7-16(22-23-18)19(26)25-11-9-24(10-12-25)17-6-4-3-5-15(17)20/h3-8,14H,9-13H2,1-2H3,(H,21,23). The number of piperazine rings is 1. The lowest BCUT2D eigenvalue weighted by atomic mass is 10.2. The van der Waals surface area contributed by atoms with Gasteiger partial charge in [-0.2, -0.15) is 0 Å². The number of anilines is 2. The summed E-state index contributed by atoms with van der Waals surface area (Å²) < 4.78 is 13.9. The van der Waals surface area contributed by atoms with E-state index in [9.17, 15) is 9.18 Å². The predicted octanol–water partition coefficient (Wildman–Crippen LogP) is 2.65. The van der Waals surface area contributed by atoms with Crippen LogP contribution >= 0.6 is 0 Å². The van der Waals surface area contributed by atoms with Crippen molar-refractivity contribution in [3.63, 3.8) is 0 Å². The Labute approximate surface area is 153 Å². The second kappa shape index (κ2) is 8.12. The quantitative estimate of drug-likeness (QED) is 0.891. The Kier molecular flexibility index (Phi) is 5.65. The van der Waals surface area contributed by atoms with Gasteiger partial charge < -0.3 is 15.1 Å². The maximum absolute atomic E-state index is 13.9. The highest BCUT2D eigenvalue weighted by Crippen LogP contribution is 2.20. The van der Waals surface area contributed by atoms with E-state index >= 15 is 0 Å². The molecule has 1 aromatic carbocycles. The SMILES string of the molecule is CC(C)CNc1ccc(C(=O)N2CCN(c3ccccc3F)CC2)nn1. The second-order valence-corrected chi connectivity index (χ2v) is 6.81. The van der Waals surface area contributed by atoms with E-state index in [0.717, 1.165) is 6.54 Å². The maximum Gasteiger partial charge on any atom is 0.274 e. The summed E-state index contributed by atoms with van der Waals surface area (Å²) in [6, 6.07) is 10.2. The molecule has 7 heteroatoms. The van der Waals surface area contributed by atoms with Crippen molar-refractivity contribution in [1.82, 2.24) is 15.1 Å². The first-order valence-electron chi connectivity index (χ1n) is 8.91. The Bertz CT molecular complexity index is 742. The number of aromatic nitrogens is 2. The minimum absolute atomic E-state index is 0.138. The Morgan fingerprint density at radius 1 is 1.12 bits per heavy atom. The zero-order valence-corrected chi connectivity index (χ0v) is 15.2. The molecule has 0 aliphatic carbocycles. The summed E-state index contributed by atoms with van der Waals surface area (Å²) in [5.74, 6) is 0.798. The van der Waals surface area contributed by atoms with Crippen LogP contribution in [0.15, 0.2) is 36.4 Å². The molecule has 0 atom stereocenters. The highest BCUT2D eigenvalue weighted by atomic mass is 19.1. The van der Waals surface area contributed by atoms with Crippen LogP contribution in [0, 0.1) is 11.7 Å². The van der Waals surface area contributed by atoms with Gasteiger partial charge in [-0.3, -0.25) is 4.79 Å². The number of rotatable bonds is 5. The van der Waals surface area contributed by atoms with Crippen molar-refractivity contribution in [1.29, 1.82) is 0 Å². The topological polar surface area (TPSA) is 61.4 Å². The molecule has 0 unspecified atom stereocenters. The van der Waals surface area contributed by atoms with Crippen molar-refractivity contribution >= 4 is 17.4 Å². The van der Waals surface area contributed by atoms with Crippen molar-refractivity contribution in [2.24, 2.45) is 5.92 Å². The molecule has 0 saturated carbocycles. The van der Waals surface area contributed by atoms with Crippen LogP contribution in [-0.4, -0.2) is 53.7 Å². The van der Waals surface area contributed by atoms with Gasteiger partial charge in [0.05, 0.1) is 5.69 Å². The number of carbonyl (C=O) groups excluding carboxylic acids is 1. The maximum atomic E-state index is 13.9. The van der Waals surface area contributed by atoms with E-state index in [0.29, 0.717) is 49.3 Å². The van der Waals surface area contributed by atoms with Gasteiger partial charge in [0.25, 0.3) is 5.91 Å². The van der Waals surface area contributed by atoms with Gasteiger partial charge in [-0.1, -0.05) is 26.0 Å². The average Bonchev–Trinajstić information content (AvgIpc) is 2.67. The van der Waals surface area contributed by atoms with E-state index in [4.69, 9.17) is 0 Å². The normalized spacial score (nSPS) is 14.6. The zero-order chi connectivity index (χ0) is 18.5. The molecule has 0 bridgehead atoms. The van der Waals surface area contributed by atoms with Gasteiger partial charge in [0.2, 0.25) is 0 Å². The van der Waals surface area contributed by atoms with Gasteiger partial charge in [-0.25, -0.2) is 4.39 Å². The average molecular weight is 357 g/mol. The molecule has 1 aliphatic rings. The molecule has 1 N–H and O–H groups in total. The molecule has 1 aliphatic heterocycles. The van der Waals surface area contributed by atoms with Gasteiger partial charge in [-0.15, -0.1) is 10.2 Å². The highest BCUT2D eigenvalue weighted by molar-refractivity contribution is 5.92. The minimum atomic E-state index is -0.234. The Morgan fingerprint density at radius 2 is 1.85 bits per heavy atom. The van der Waals surface area contributed by atoms with Crippen molar-refractivity contribution < 1.29 is 9.18 Å². The summed E-state index contributed by atoms with van der Waals surface area (Å²) in [5.41, 5.74) is 0.916. The van der Waals surface area contributed by atoms with Crippen LogP contribution in [0.4, 0.5) is 15.9 Å². The third-order valence-corrected chi connectivity index (χ3v) is 4.34. The molecule has 3 rings (SSSR count). The fourth-order valence-corrected chi connectivity index (χ4v) is 2.87. The number of hydrogen-bond acceptors (Lipinski definition) is 5. The number of amides is 1. The Morgan fingerprint density at radius 3 is 2.46 bits per heavy atom. The molecular weight excluding hydrogens is 333 g/mol. The van der Waals surface area contributed by atoms with Crippen molar-refractivity contribution in [2.75, 3.05) is 42.9 Å². The van der Waals surface area contributed by atoms with Crippen molar-refractivity contribution in [3.8, 4) is 0 Å². The first kappa shape index (κ1) is 18.1. The predicted molar refractivity (Wildman–Crippen MR) is 99.9 cm³/mol. The molecule has 0 spiro atoms. The summed E-state index contributed by atoms with van der Waals surface area (Å²) in [6.07, 6.45) is 0. The van der Waals surface area contributed by atoms with E-state index in [-0.39, 0.29) is 11.7 Å². The lowest BCUT2D eigenvalue weighted by molar-refractivity contribution is 0.0739. The molecule has 1 saturated heterocycles. The fraction of sp³-hybridized carbons (Fsp3) is 0.421. The first-order valence-corrected chi connectivity index (χ1v) is 8.91. The largest absolute Gasteiger partial charge is 0.368 e. The van der Waals surface area contributed by atoms with Crippen LogP contribution in [-0.2, 0) is 0 Å². The van der Waals surface area contributed by atoms with Crippen molar-refractivity contribution in [2.45, 2.75) is 13.8 Å². The van der Waals surface area contributed by atoms with Gasteiger partial charge in [0, 0.05) is 32.7 Å². The molecule has 6 nitrogen and oxygen atoms in total.